The Balaban J connectivity index is 2.68. The smallest absolute Gasteiger partial charge is 0.186 e. The van der Waals surface area contributed by atoms with Crippen molar-refractivity contribution < 1.29 is 4.79 Å². The Labute approximate surface area is 96.6 Å². The van der Waals surface area contributed by atoms with Gasteiger partial charge in [-0.2, -0.15) is 0 Å². The maximum atomic E-state index is 11.8. The molecule has 0 radical (unpaired) electrons. The summed E-state index contributed by atoms with van der Waals surface area (Å²) in [6.45, 7) is 8.18. The molecule has 0 heterocycles. The van der Waals surface area contributed by atoms with Gasteiger partial charge in [-0.3, -0.25) is 4.79 Å². The molecular formula is C15H16O. The van der Waals surface area contributed by atoms with Gasteiger partial charge in [0.25, 0.3) is 0 Å². The first kappa shape index (κ1) is 10.9. The average Bonchev–Trinajstić information content (AvgIpc) is 2.39. The van der Waals surface area contributed by atoms with E-state index in [2.05, 4.69) is 26.0 Å². The highest BCUT2D eigenvalue weighted by Crippen LogP contribution is 2.34. The average molecular weight is 212 g/mol. The second kappa shape index (κ2) is 3.75. The summed E-state index contributed by atoms with van der Waals surface area (Å²) in [6.07, 6.45) is 7.97. The number of rotatable bonds is 0. The van der Waals surface area contributed by atoms with Gasteiger partial charge in [0, 0.05) is 5.57 Å². The molecule has 0 amide bonds. The Morgan fingerprint density at radius 1 is 1.06 bits per heavy atom. The van der Waals surface area contributed by atoms with Crippen molar-refractivity contribution in [3.05, 3.63) is 57.7 Å². The SMILES string of the molecule is CC1=CC(=O)C2=C(C)C=CC(=C(C)C)C=C12. The lowest BCUT2D eigenvalue weighted by molar-refractivity contribution is -0.110. The molecule has 0 N–H and O–H groups in total. The number of allylic oxidation sites excluding steroid dienone is 10. The Morgan fingerprint density at radius 3 is 2.38 bits per heavy atom. The third-order valence-electron chi connectivity index (χ3n) is 3.07. The Hall–Kier alpha value is -1.63. The molecule has 0 atom stereocenters. The molecular weight excluding hydrogens is 196 g/mol. The molecule has 0 bridgehead atoms. The molecule has 0 aliphatic heterocycles. The monoisotopic (exact) mass is 212 g/mol. The third-order valence-corrected chi connectivity index (χ3v) is 3.07. The van der Waals surface area contributed by atoms with Crippen molar-refractivity contribution in [2.75, 3.05) is 0 Å². The van der Waals surface area contributed by atoms with Crippen LogP contribution in [0.3, 0.4) is 0 Å². The minimum atomic E-state index is 0.140. The molecule has 0 saturated heterocycles. The second-order valence-corrected chi connectivity index (χ2v) is 4.60. The van der Waals surface area contributed by atoms with Gasteiger partial charge in [0.05, 0.1) is 0 Å². The fourth-order valence-electron chi connectivity index (χ4n) is 2.08. The van der Waals surface area contributed by atoms with Crippen LogP contribution in [0, 0.1) is 0 Å². The molecule has 0 unspecified atom stereocenters. The number of carbonyl (C=O) groups excluding carboxylic acids is 1. The molecule has 0 aromatic carbocycles. The topological polar surface area (TPSA) is 17.1 Å². The Bertz CT molecular complexity index is 516. The number of carbonyl (C=O) groups is 1. The van der Waals surface area contributed by atoms with Gasteiger partial charge < -0.3 is 0 Å². The van der Waals surface area contributed by atoms with Crippen LogP contribution in [0.2, 0.25) is 0 Å². The van der Waals surface area contributed by atoms with E-state index >= 15 is 0 Å². The summed E-state index contributed by atoms with van der Waals surface area (Å²) in [4.78, 5) is 11.8. The maximum Gasteiger partial charge on any atom is 0.186 e. The zero-order chi connectivity index (χ0) is 11.9. The summed E-state index contributed by atoms with van der Waals surface area (Å²) < 4.78 is 0. The number of hydrogen-bond donors (Lipinski definition) is 0. The summed E-state index contributed by atoms with van der Waals surface area (Å²) in [5, 5.41) is 0. The number of fused-ring (bicyclic) bond motifs is 1. The van der Waals surface area contributed by atoms with Gasteiger partial charge in [-0.1, -0.05) is 17.7 Å². The van der Waals surface area contributed by atoms with E-state index in [1.807, 2.05) is 19.9 Å². The first-order valence-electron chi connectivity index (χ1n) is 5.52. The number of hydrogen-bond acceptors (Lipinski definition) is 1. The molecule has 0 fully saturated rings. The highest BCUT2D eigenvalue weighted by molar-refractivity contribution is 6.14. The first-order chi connectivity index (χ1) is 7.50. The highest BCUT2D eigenvalue weighted by atomic mass is 16.1. The maximum absolute atomic E-state index is 11.8. The fourth-order valence-corrected chi connectivity index (χ4v) is 2.08. The zero-order valence-corrected chi connectivity index (χ0v) is 10.2. The molecule has 0 spiro atoms. The van der Waals surface area contributed by atoms with Crippen LogP contribution in [0.15, 0.2) is 57.7 Å². The summed E-state index contributed by atoms with van der Waals surface area (Å²) in [7, 11) is 0. The van der Waals surface area contributed by atoms with Gasteiger partial charge in [-0.05, 0) is 62.1 Å². The molecule has 16 heavy (non-hydrogen) atoms. The third kappa shape index (κ3) is 1.63. The van der Waals surface area contributed by atoms with Gasteiger partial charge >= 0.3 is 0 Å². The molecule has 0 saturated carbocycles. The van der Waals surface area contributed by atoms with E-state index in [0.29, 0.717) is 0 Å². The van der Waals surface area contributed by atoms with E-state index in [-0.39, 0.29) is 5.78 Å². The summed E-state index contributed by atoms with van der Waals surface area (Å²) in [5.74, 6) is 0.140. The minimum absolute atomic E-state index is 0.140. The van der Waals surface area contributed by atoms with Crippen molar-refractivity contribution in [3.8, 4) is 0 Å². The summed E-state index contributed by atoms with van der Waals surface area (Å²) in [5.41, 5.74) is 6.55. The van der Waals surface area contributed by atoms with Crippen LogP contribution in [0.4, 0.5) is 0 Å². The molecule has 2 aliphatic rings. The first-order valence-corrected chi connectivity index (χ1v) is 5.52. The fraction of sp³-hybridized carbons (Fsp3) is 0.267. The van der Waals surface area contributed by atoms with Crippen molar-refractivity contribution in [2.24, 2.45) is 0 Å². The predicted molar refractivity (Wildman–Crippen MR) is 67.1 cm³/mol. The number of ketones is 1. The van der Waals surface area contributed by atoms with Gasteiger partial charge in [0.2, 0.25) is 0 Å². The quantitative estimate of drug-likeness (QED) is 0.599. The van der Waals surface area contributed by atoms with Crippen molar-refractivity contribution >= 4 is 5.78 Å². The van der Waals surface area contributed by atoms with E-state index < -0.39 is 0 Å². The van der Waals surface area contributed by atoms with E-state index in [1.54, 1.807) is 6.08 Å². The molecule has 1 heteroatoms. The van der Waals surface area contributed by atoms with Crippen molar-refractivity contribution in [3.63, 3.8) is 0 Å². The Morgan fingerprint density at radius 2 is 1.75 bits per heavy atom. The van der Waals surface area contributed by atoms with Gasteiger partial charge in [0.15, 0.2) is 5.78 Å². The van der Waals surface area contributed by atoms with E-state index in [4.69, 9.17) is 0 Å². The summed E-state index contributed by atoms with van der Waals surface area (Å²) >= 11 is 0. The Kier molecular flexibility index (Phi) is 2.55. The van der Waals surface area contributed by atoms with Crippen molar-refractivity contribution in [1.82, 2.24) is 0 Å². The lowest BCUT2D eigenvalue weighted by Gasteiger charge is -2.04. The normalized spacial score (nSPS) is 19.5. The van der Waals surface area contributed by atoms with Crippen molar-refractivity contribution in [2.45, 2.75) is 27.7 Å². The van der Waals surface area contributed by atoms with Crippen LogP contribution in [-0.4, -0.2) is 5.78 Å². The molecule has 2 aliphatic carbocycles. The zero-order valence-electron chi connectivity index (χ0n) is 10.2. The lowest BCUT2D eigenvalue weighted by atomic mass is 9.99. The lowest BCUT2D eigenvalue weighted by Crippen LogP contribution is -1.96. The largest absolute Gasteiger partial charge is 0.289 e. The van der Waals surface area contributed by atoms with Crippen LogP contribution >= 0.6 is 0 Å². The highest BCUT2D eigenvalue weighted by Gasteiger charge is 2.24. The molecule has 82 valence electrons. The minimum Gasteiger partial charge on any atom is -0.289 e. The molecule has 2 rings (SSSR count). The van der Waals surface area contributed by atoms with E-state index in [9.17, 15) is 4.79 Å². The van der Waals surface area contributed by atoms with Crippen molar-refractivity contribution in [1.29, 1.82) is 0 Å². The van der Waals surface area contributed by atoms with Crippen LogP contribution < -0.4 is 0 Å². The van der Waals surface area contributed by atoms with E-state index in [1.165, 1.54) is 11.1 Å². The molecule has 1 nitrogen and oxygen atoms in total. The van der Waals surface area contributed by atoms with Gasteiger partial charge in [-0.15, -0.1) is 0 Å². The molecule has 0 aromatic rings. The van der Waals surface area contributed by atoms with E-state index in [0.717, 1.165) is 22.3 Å². The van der Waals surface area contributed by atoms with Gasteiger partial charge in [-0.25, -0.2) is 0 Å². The van der Waals surface area contributed by atoms with Crippen LogP contribution in [0.1, 0.15) is 27.7 Å². The van der Waals surface area contributed by atoms with Crippen LogP contribution in [0.25, 0.3) is 0 Å². The predicted octanol–water partition coefficient (Wildman–Crippen LogP) is 3.66. The molecule has 0 aromatic heterocycles. The van der Waals surface area contributed by atoms with Crippen LogP contribution in [-0.2, 0) is 4.79 Å². The second-order valence-electron chi connectivity index (χ2n) is 4.60. The van der Waals surface area contributed by atoms with Crippen LogP contribution in [0.5, 0.6) is 0 Å². The summed E-state index contributed by atoms with van der Waals surface area (Å²) in [6, 6.07) is 0. The standard InChI is InChI=1S/C15H16O/c1-9(2)12-6-5-10(3)15-13(8-12)11(4)7-14(15)16/h5-8H,1-4H3. The van der Waals surface area contributed by atoms with Gasteiger partial charge in [0.1, 0.15) is 0 Å².